The smallest absolute Gasteiger partial charge is 0.123 e. The number of likely N-dealkylation sites (tertiary alicyclic amines) is 1. The maximum Gasteiger partial charge on any atom is 0.123 e. The molecule has 4 heteroatoms. The fraction of sp³-hybridized carbons (Fsp3) is 0.571. The van der Waals surface area contributed by atoms with Gasteiger partial charge in [0.15, 0.2) is 0 Å². The molecular weight excluding hydrogens is 229 g/mol. The molecule has 0 amide bonds. The fourth-order valence-electron chi connectivity index (χ4n) is 2.54. The van der Waals surface area contributed by atoms with Gasteiger partial charge in [-0.25, -0.2) is 4.39 Å². The van der Waals surface area contributed by atoms with Gasteiger partial charge in [0.1, 0.15) is 5.82 Å². The van der Waals surface area contributed by atoms with Gasteiger partial charge >= 0.3 is 0 Å². The summed E-state index contributed by atoms with van der Waals surface area (Å²) in [5, 5.41) is 0. The Kier molecular flexibility index (Phi) is 4.19. The third kappa shape index (κ3) is 3.21. The van der Waals surface area contributed by atoms with Gasteiger partial charge in [-0.05, 0) is 63.8 Å². The summed E-state index contributed by atoms with van der Waals surface area (Å²) < 4.78 is 13.2. The van der Waals surface area contributed by atoms with Gasteiger partial charge in [0.2, 0.25) is 0 Å². The van der Waals surface area contributed by atoms with E-state index in [-0.39, 0.29) is 5.82 Å². The van der Waals surface area contributed by atoms with Crippen molar-refractivity contribution in [1.29, 1.82) is 0 Å². The Hall–Kier alpha value is -1.13. The van der Waals surface area contributed by atoms with Crippen LogP contribution in [0.25, 0.3) is 0 Å². The van der Waals surface area contributed by atoms with Gasteiger partial charge in [0.25, 0.3) is 0 Å². The van der Waals surface area contributed by atoms with Crippen molar-refractivity contribution >= 4 is 5.69 Å². The van der Waals surface area contributed by atoms with Crippen LogP contribution in [0.3, 0.4) is 0 Å². The Labute approximate surface area is 108 Å². The Morgan fingerprint density at radius 3 is 2.72 bits per heavy atom. The normalized spacial score (nSPS) is 18.4. The minimum atomic E-state index is -0.212. The summed E-state index contributed by atoms with van der Waals surface area (Å²) in [6, 6.07) is 5.17. The maximum absolute atomic E-state index is 13.2. The zero-order chi connectivity index (χ0) is 13.1. The topological polar surface area (TPSA) is 32.5 Å². The molecule has 3 nitrogen and oxygen atoms in total. The van der Waals surface area contributed by atoms with Crippen molar-refractivity contribution in [3.8, 4) is 0 Å². The van der Waals surface area contributed by atoms with E-state index in [2.05, 4.69) is 23.9 Å². The van der Waals surface area contributed by atoms with E-state index in [9.17, 15) is 4.39 Å². The molecule has 18 heavy (non-hydrogen) atoms. The number of nitrogens with zero attached hydrogens (tertiary/aromatic N) is 2. The van der Waals surface area contributed by atoms with Gasteiger partial charge in [0.05, 0.1) is 0 Å². The van der Waals surface area contributed by atoms with Gasteiger partial charge in [-0.1, -0.05) is 0 Å². The SMILES string of the molecule is CN1CCC(N(C)Cc2cc(F)ccc2N)CC1. The predicted octanol–water partition coefficient (Wildman–Crippen LogP) is 1.93. The average molecular weight is 251 g/mol. The molecule has 2 N–H and O–H groups in total. The zero-order valence-corrected chi connectivity index (χ0v) is 11.2. The molecule has 1 heterocycles. The molecule has 0 aromatic heterocycles. The van der Waals surface area contributed by atoms with Crippen molar-refractivity contribution in [1.82, 2.24) is 9.80 Å². The summed E-state index contributed by atoms with van der Waals surface area (Å²) in [6.45, 7) is 2.99. The molecular formula is C14H22FN3. The molecule has 0 atom stereocenters. The van der Waals surface area contributed by atoms with Crippen LogP contribution in [-0.2, 0) is 6.54 Å². The number of piperidine rings is 1. The van der Waals surface area contributed by atoms with Gasteiger partial charge in [-0.3, -0.25) is 4.90 Å². The summed E-state index contributed by atoms with van der Waals surface area (Å²) in [6.07, 6.45) is 2.34. The number of anilines is 1. The summed E-state index contributed by atoms with van der Waals surface area (Å²) in [5.41, 5.74) is 7.45. The largest absolute Gasteiger partial charge is 0.398 e. The van der Waals surface area contributed by atoms with Crippen molar-refractivity contribution in [2.45, 2.75) is 25.4 Å². The fourth-order valence-corrected chi connectivity index (χ4v) is 2.54. The minimum Gasteiger partial charge on any atom is -0.398 e. The van der Waals surface area contributed by atoms with Gasteiger partial charge in [0, 0.05) is 18.3 Å². The van der Waals surface area contributed by atoms with E-state index in [0.717, 1.165) is 25.2 Å². The van der Waals surface area contributed by atoms with Crippen molar-refractivity contribution in [2.75, 3.05) is 32.9 Å². The van der Waals surface area contributed by atoms with Gasteiger partial charge in [-0.15, -0.1) is 0 Å². The minimum absolute atomic E-state index is 0.212. The van der Waals surface area contributed by atoms with Crippen molar-refractivity contribution < 1.29 is 4.39 Å². The first-order chi connectivity index (χ1) is 8.56. The molecule has 0 bridgehead atoms. The first-order valence-corrected chi connectivity index (χ1v) is 6.49. The van der Waals surface area contributed by atoms with Crippen LogP contribution in [0.15, 0.2) is 18.2 Å². The van der Waals surface area contributed by atoms with Crippen molar-refractivity contribution in [3.05, 3.63) is 29.6 Å². The molecule has 1 aliphatic heterocycles. The predicted molar refractivity (Wildman–Crippen MR) is 72.8 cm³/mol. The molecule has 0 saturated carbocycles. The molecule has 1 saturated heterocycles. The number of benzene rings is 1. The standard InChI is InChI=1S/C14H22FN3/c1-17-7-5-13(6-8-17)18(2)10-11-9-12(15)3-4-14(11)16/h3-4,9,13H,5-8,10,16H2,1-2H3. The summed E-state index contributed by atoms with van der Waals surface area (Å²) in [4.78, 5) is 4.64. The average Bonchev–Trinajstić information content (AvgIpc) is 2.34. The first-order valence-electron chi connectivity index (χ1n) is 6.49. The van der Waals surface area contributed by atoms with E-state index >= 15 is 0 Å². The monoisotopic (exact) mass is 251 g/mol. The van der Waals surface area contributed by atoms with E-state index in [1.54, 1.807) is 12.1 Å². The number of nitrogens with two attached hydrogens (primary N) is 1. The number of rotatable bonds is 3. The van der Waals surface area contributed by atoms with Crippen LogP contribution < -0.4 is 5.73 Å². The second-order valence-corrected chi connectivity index (χ2v) is 5.29. The lowest BCUT2D eigenvalue weighted by Gasteiger charge is -2.35. The van der Waals surface area contributed by atoms with Crippen LogP contribution in [-0.4, -0.2) is 43.0 Å². The molecule has 0 spiro atoms. The van der Waals surface area contributed by atoms with Gasteiger partial charge < -0.3 is 10.6 Å². The van der Waals surface area contributed by atoms with Gasteiger partial charge in [-0.2, -0.15) is 0 Å². The molecule has 1 aromatic rings. The number of hydrogen-bond acceptors (Lipinski definition) is 3. The van der Waals surface area contributed by atoms with E-state index in [4.69, 9.17) is 5.73 Å². The van der Waals surface area contributed by atoms with E-state index < -0.39 is 0 Å². The van der Waals surface area contributed by atoms with E-state index in [0.29, 0.717) is 11.7 Å². The van der Waals surface area contributed by atoms with Crippen LogP contribution in [0, 0.1) is 5.82 Å². The molecule has 0 radical (unpaired) electrons. The molecule has 1 aromatic carbocycles. The first kappa shape index (κ1) is 13.3. The second kappa shape index (κ2) is 5.67. The van der Waals surface area contributed by atoms with E-state index in [1.807, 2.05) is 0 Å². The third-order valence-electron chi connectivity index (χ3n) is 3.84. The summed E-state index contributed by atoms with van der Waals surface area (Å²) >= 11 is 0. The summed E-state index contributed by atoms with van der Waals surface area (Å²) in [5.74, 6) is -0.212. The number of nitrogen functional groups attached to an aromatic ring is 1. The number of halogens is 1. The van der Waals surface area contributed by atoms with Crippen LogP contribution in [0.1, 0.15) is 18.4 Å². The highest BCUT2D eigenvalue weighted by molar-refractivity contribution is 5.46. The lowest BCUT2D eigenvalue weighted by atomic mass is 10.0. The molecule has 0 aliphatic carbocycles. The van der Waals surface area contributed by atoms with Crippen LogP contribution >= 0.6 is 0 Å². The highest BCUT2D eigenvalue weighted by Gasteiger charge is 2.20. The Morgan fingerprint density at radius 1 is 1.39 bits per heavy atom. The molecule has 100 valence electrons. The van der Waals surface area contributed by atoms with Crippen LogP contribution in [0.2, 0.25) is 0 Å². The molecule has 1 aliphatic rings. The highest BCUT2D eigenvalue weighted by atomic mass is 19.1. The Morgan fingerprint density at radius 2 is 2.06 bits per heavy atom. The van der Waals surface area contributed by atoms with E-state index in [1.165, 1.54) is 18.9 Å². The van der Waals surface area contributed by atoms with Crippen LogP contribution in [0.4, 0.5) is 10.1 Å². The zero-order valence-electron chi connectivity index (χ0n) is 11.2. The summed E-state index contributed by atoms with van der Waals surface area (Å²) in [7, 11) is 4.25. The maximum atomic E-state index is 13.2. The lowest BCUT2D eigenvalue weighted by molar-refractivity contribution is 0.139. The Balaban J connectivity index is 1.98. The van der Waals surface area contributed by atoms with Crippen molar-refractivity contribution in [3.63, 3.8) is 0 Å². The van der Waals surface area contributed by atoms with Crippen LogP contribution in [0.5, 0.6) is 0 Å². The second-order valence-electron chi connectivity index (χ2n) is 5.29. The Bertz CT molecular complexity index is 400. The molecule has 1 fully saturated rings. The van der Waals surface area contributed by atoms with Crippen molar-refractivity contribution in [2.24, 2.45) is 0 Å². The molecule has 2 rings (SSSR count). The third-order valence-corrected chi connectivity index (χ3v) is 3.84. The molecule has 0 unspecified atom stereocenters. The quantitative estimate of drug-likeness (QED) is 0.833. The number of hydrogen-bond donors (Lipinski definition) is 1. The highest BCUT2D eigenvalue weighted by Crippen LogP contribution is 2.20. The lowest BCUT2D eigenvalue weighted by Crippen LogP contribution is -2.41.